The number of carbonyl (C=O) groups excluding carboxylic acids is 1. The number of nitrogens with zero attached hydrogens (tertiary/aromatic N) is 1. The summed E-state index contributed by atoms with van der Waals surface area (Å²) in [4.78, 5) is 15.3. The average molecular weight is 278 g/mol. The predicted octanol–water partition coefficient (Wildman–Crippen LogP) is 3.07. The van der Waals surface area contributed by atoms with Crippen LogP contribution >= 0.6 is 0 Å². The van der Waals surface area contributed by atoms with E-state index in [1.54, 1.807) is 0 Å². The van der Waals surface area contributed by atoms with Crippen LogP contribution in [0.5, 0.6) is 0 Å². The van der Waals surface area contributed by atoms with Crippen molar-refractivity contribution in [2.75, 3.05) is 0 Å². The molecule has 3 fully saturated rings. The summed E-state index contributed by atoms with van der Waals surface area (Å²) >= 11 is 0. The lowest BCUT2D eigenvalue weighted by Gasteiger charge is -2.39. The third kappa shape index (κ3) is 3.19. The molecule has 3 aliphatic rings. The summed E-state index contributed by atoms with van der Waals surface area (Å²) in [5.74, 6) is 1.52. The number of hydrogen-bond acceptors (Lipinski definition) is 2. The van der Waals surface area contributed by atoms with E-state index in [9.17, 15) is 4.79 Å². The molecule has 0 aromatic carbocycles. The van der Waals surface area contributed by atoms with Crippen LogP contribution in [0, 0.1) is 11.8 Å². The zero-order chi connectivity index (χ0) is 14.1. The van der Waals surface area contributed by atoms with E-state index in [0.29, 0.717) is 18.0 Å². The normalized spacial score (nSPS) is 38.5. The Morgan fingerprint density at radius 1 is 0.950 bits per heavy atom. The van der Waals surface area contributed by atoms with Crippen LogP contribution in [-0.2, 0) is 4.79 Å². The summed E-state index contributed by atoms with van der Waals surface area (Å²) in [5.41, 5.74) is 6.08. The molecule has 114 valence electrons. The number of hydrogen-bond donors (Lipinski definition) is 1. The van der Waals surface area contributed by atoms with Crippen LogP contribution in [0.1, 0.15) is 71.1 Å². The fraction of sp³-hybridized carbons (Fsp3) is 0.941. The second kappa shape index (κ2) is 6.05. The van der Waals surface area contributed by atoms with Gasteiger partial charge in [0.05, 0.1) is 0 Å². The minimum atomic E-state index is 0.221. The highest BCUT2D eigenvalue weighted by atomic mass is 16.2. The van der Waals surface area contributed by atoms with E-state index in [1.807, 2.05) is 0 Å². The molecule has 0 spiro atoms. The number of amides is 1. The monoisotopic (exact) mass is 278 g/mol. The molecule has 3 rings (SSSR count). The Morgan fingerprint density at radius 2 is 1.55 bits per heavy atom. The zero-order valence-electron chi connectivity index (χ0n) is 12.9. The summed E-state index contributed by atoms with van der Waals surface area (Å²) in [6.07, 6.45) is 11.7. The molecule has 3 aliphatic carbocycles. The van der Waals surface area contributed by atoms with Crippen LogP contribution in [0.4, 0.5) is 0 Å². The van der Waals surface area contributed by atoms with E-state index in [2.05, 4.69) is 11.8 Å². The molecule has 0 aromatic heterocycles. The van der Waals surface area contributed by atoms with Gasteiger partial charge in [0.25, 0.3) is 0 Å². The highest BCUT2D eigenvalue weighted by Gasteiger charge is 2.41. The van der Waals surface area contributed by atoms with Crippen LogP contribution in [0.25, 0.3) is 0 Å². The van der Waals surface area contributed by atoms with Gasteiger partial charge in [0.1, 0.15) is 0 Å². The molecule has 0 bridgehead atoms. The Hall–Kier alpha value is -0.570. The van der Waals surface area contributed by atoms with Gasteiger partial charge in [0.2, 0.25) is 5.91 Å². The van der Waals surface area contributed by atoms with Gasteiger partial charge < -0.3 is 10.6 Å². The van der Waals surface area contributed by atoms with Crippen LogP contribution in [0.3, 0.4) is 0 Å². The standard InChI is InChI=1S/C17H30N2O/c1-12-5-7-15(8-6-12)19(16-9-10-16)17(20)13-3-2-4-14(18)11-13/h12-16H,2-11,18H2,1H3. The molecular formula is C17H30N2O. The highest BCUT2D eigenvalue weighted by molar-refractivity contribution is 5.80. The number of nitrogens with two attached hydrogens (primary N) is 1. The highest BCUT2D eigenvalue weighted by Crippen LogP contribution is 2.38. The Kier molecular flexibility index (Phi) is 4.34. The lowest BCUT2D eigenvalue weighted by molar-refractivity contribution is -0.140. The van der Waals surface area contributed by atoms with E-state index in [0.717, 1.165) is 31.6 Å². The minimum absolute atomic E-state index is 0.221. The topological polar surface area (TPSA) is 46.3 Å². The van der Waals surface area contributed by atoms with Crippen molar-refractivity contribution >= 4 is 5.91 Å². The molecule has 0 saturated heterocycles. The number of rotatable bonds is 3. The van der Waals surface area contributed by atoms with Gasteiger partial charge in [-0.15, -0.1) is 0 Å². The Labute approximate surface area is 123 Å². The zero-order valence-corrected chi connectivity index (χ0v) is 12.9. The molecule has 0 aromatic rings. The lowest BCUT2D eigenvalue weighted by atomic mass is 9.83. The van der Waals surface area contributed by atoms with E-state index in [4.69, 9.17) is 5.73 Å². The van der Waals surface area contributed by atoms with Crippen molar-refractivity contribution < 1.29 is 4.79 Å². The molecule has 2 unspecified atom stereocenters. The molecule has 3 saturated carbocycles. The van der Waals surface area contributed by atoms with Gasteiger partial charge in [-0.3, -0.25) is 4.79 Å². The first-order valence-electron chi connectivity index (χ1n) is 8.73. The lowest BCUT2D eigenvalue weighted by Crippen LogP contribution is -2.48. The maximum atomic E-state index is 13.0. The molecule has 0 radical (unpaired) electrons. The second-order valence-corrected chi connectivity index (χ2v) is 7.51. The summed E-state index contributed by atoms with van der Waals surface area (Å²) in [7, 11) is 0. The third-order valence-electron chi connectivity index (χ3n) is 5.64. The van der Waals surface area contributed by atoms with Gasteiger partial charge in [0, 0.05) is 24.0 Å². The van der Waals surface area contributed by atoms with Crippen LogP contribution < -0.4 is 5.73 Å². The molecule has 2 N–H and O–H groups in total. The molecule has 0 aliphatic heterocycles. The van der Waals surface area contributed by atoms with Crippen molar-refractivity contribution in [3.8, 4) is 0 Å². The fourth-order valence-electron chi connectivity index (χ4n) is 4.19. The predicted molar refractivity (Wildman–Crippen MR) is 81.2 cm³/mol. The molecule has 1 amide bonds. The quantitative estimate of drug-likeness (QED) is 0.862. The fourth-order valence-corrected chi connectivity index (χ4v) is 4.19. The second-order valence-electron chi connectivity index (χ2n) is 7.51. The SMILES string of the molecule is CC1CCC(N(C(=O)C2CCCC(N)C2)C2CC2)CC1. The van der Waals surface area contributed by atoms with Gasteiger partial charge in [-0.25, -0.2) is 0 Å². The summed E-state index contributed by atoms with van der Waals surface area (Å²) in [5, 5.41) is 0. The van der Waals surface area contributed by atoms with Crippen molar-refractivity contribution in [1.29, 1.82) is 0 Å². The van der Waals surface area contributed by atoms with E-state index in [1.165, 1.54) is 38.5 Å². The molecule has 0 heterocycles. The van der Waals surface area contributed by atoms with Gasteiger partial charge >= 0.3 is 0 Å². The minimum Gasteiger partial charge on any atom is -0.336 e. The first-order chi connectivity index (χ1) is 9.65. The molecule has 2 atom stereocenters. The van der Waals surface area contributed by atoms with Crippen molar-refractivity contribution in [3.05, 3.63) is 0 Å². The Morgan fingerprint density at radius 3 is 2.10 bits per heavy atom. The van der Waals surface area contributed by atoms with E-state index < -0.39 is 0 Å². The molecule has 3 heteroatoms. The molecular weight excluding hydrogens is 248 g/mol. The van der Waals surface area contributed by atoms with Gasteiger partial charge in [0.15, 0.2) is 0 Å². The largest absolute Gasteiger partial charge is 0.336 e. The van der Waals surface area contributed by atoms with Crippen LogP contribution in [0.15, 0.2) is 0 Å². The van der Waals surface area contributed by atoms with E-state index >= 15 is 0 Å². The molecule has 20 heavy (non-hydrogen) atoms. The van der Waals surface area contributed by atoms with Crippen molar-refractivity contribution in [3.63, 3.8) is 0 Å². The van der Waals surface area contributed by atoms with Gasteiger partial charge in [-0.05, 0) is 63.7 Å². The third-order valence-corrected chi connectivity index (χ3v) is 5.64. The smallest absolute Gasteiger partial charge is 0.226 e. The van der Waals surface area contributed by atoms with Crippen molar-refractivity contribution in [2.45, 2.75) is 89.3 Å². The first kappa shape index (κ1) is 14.4. The van der Waals surface area contributed by atoms with Crippen LogP contribution in [-0.4, -0.2) is 28.9 Å². The maximum absolute atomic E-state index is 13.0. The van der Waals surface area contributed by atoms with Crippen LogP contribution in [0.2, 0.25) is 0 Å². The number of carbonyl (C=O) groups is 1. The maximum Gasteiger partial charge on any atom is 0.226 e. The Bertz CT molecular complexity index is 345. The van der Waals surface area contributed by atoms with Crippen molar-refractivity contribution in [1.82, 2.24) is 4.90 Å². The summed E-state index contributed by atoms with van der Waals surface area (Å²) in [6.45, 7) is 2.35. The van der Waals surface area contributed by atoms with Crippen molar-refractivity contribution in [2.24, 2.45) is 17.6 Å². The van der Waals surface area contributed by atoms with Gasteiger partial charge in [-0.2, -0.15) is 0 Å². The average Bonchev–Trinajstić information content (AvgIpc) is 3.26. The first-order valence-corrected chi connectivity index (χ1v) is 8.73. The molecule has 3 nitrogen and oxygen atoms in total. The van der Waals surface area contributed by atoms with E-state index in [-0.39, 0.29) is 12.0 Å². The Balaban J connectivity index is 1.65. The summed E-state index contributed by atoms with van der Waals surface area (Å²) in [6, 6.07) is 1.36. The summed E-state index contributed by atoms with van der Waals surface area (Å²) < 4.78 is 0. The van der Waals surface area contributed by atoms with Gasteiger partial charge in [-0.1, -0.05) is 13.3 Å².